The van der Waals surface area contributed by atoms with Gasteiger partial charge >= 0.3 is 0 Å². The lowest BCUT2D eigenvalue weighted by Crippen LogP contribution is -2.57. The summed E-state index contributed by atoms with van der Waals surface area (Å²) in [5.41, 5.74) is 0.214. The van der Waals surface area contributed by atoms with Gasteiger partial charge in [0, 0.05) is 12.6 Å². The van der Waals surface area contributed by atoms with Gasteiger partial charge in [0.05, 0.1) is 5.60 Å². The van der Waals surface area contributed by atoms with Crippen LogP contribution in [-0.4, -0.2) is 23.3 Å². The smallest absolute Gasteiger partial charge is 0.0771 e. The molecule has 0 amide bonds. The van der Waals surface area contributed by atoms with Gasteiger partial charge in [-0.1, -0.05) is 0 Å². The van der Waals surface area contributed by atoms with Crippen LogP contribution in [0, 0.1) is 23.2 Å². The van der Waals surface area contributed by atoms with Gasteiger partial charge in [0.2, 0.25) is 0 Å². The van der Waals surface area contributed by atoms with Crippen LogP contribution in [0.5, 0.6) is 0 Å². The minimum Gasteiger partial charge on any atom is -0.389 e. The van der Waals surface area contributed by atoms with E-state index in [1.165, 1.54) is 44.9 Å². The molecule has 0 radical (unpaired) electrons. The van der Waals surface area contributed by atoms with Crippen LogP contribution in [0.1, 0.15) is 64.7 Å². The number of hydrogen-bond donors (Lipinski definition) is 2. The van der Waals surface area contributed by atoms with Crippen molar-refractivity contribution in [3.63, 3.8) is 0 Å². The third-order valence-corrected chi connectivity index (χ3v) is 7.03. The van der Waals surface area contributed by atoms with Gasteiger partial charge in [0.1, 0.15) is 0 Å². The number of nitrogens with one attached hydrogen (secondary N) is 1. The van der Waals surface area contributed by atoms with Crippen LogP contribution in [0.2, 0.25) is 0 Å². The Kier molecular flexibility index (Phi) is 2.80. The maximum Gasteiger partial charge on any atom is 0.0771 e. The standard InChI is InChI=1S/C17H29NO/c1-12(18-11-17(19)3-2-4-17)16-8-13-5-14(9-16)7-15(6-13)10-16/h12-15,18-19H,2-11H2,1H3. The van der Waals surface area contributed by atoms with Gasteiger partial charge in [-0.3, -0.25) is 0 Å². The molecule has 2 N–H and O–H groups in total. The van der Waals surface area contributed by atoms with Crippen LogP contribution in [0.3, 0.4) is 0 Å². The average molecular weight is 263 g/mol. The Hall–Kier alpha value is -0.0800. The molecule has 5 aliphatic carbocycles. The van der Waals surface area contributed by atoms with Crippen molar-refractivity contribution in [2.75, 3.05) is 6.54 Å². The Morgan fingerprint density at radius 3 is 2.00 bits per heavy atom. The van der Waals surface area contributed by atoms with E-state index in [0.29, 0.717) is 11.5 Å². The fourth-order valence-corrected chi connectivity index (χ4v) is 6.03. The van der Waals surface area contributed by atoms with Crippen molar-refractivity contribution >= 4 is 0 Å². The molecular formula is C17H29NO. The van der Waals surface area contributed by atoms with Gasteiger partial charge in [-0.2, -0.15) is 0 Å². The molecule has 4 bridgehead atoms. The minimum absolute atomic E-state index is 0.365. The second-order valence-electron chi connectivity index (χ2n) is 8.46. The highest BCUT2D eigenvalue weighted by atomic mass is 16.3. The first kappa shape index (κ1) is 12.6. The molecule has 0 aromatic rings. The van der Waals surface area contributed by atoms with Crippen LogP contribution in [0.4, 0.5) is 0 Å². The van der Waals surface area contributed by atoms with Crippen molar-refractivity contribution in [2.45, 2.75) is 76.4 Å². The molecule has 0 aromatic heterocycles. The third-order valence-electron chi connectivity index (χ3n) is 7.03. The second kappa shape index (κ2) is 4.21. The van der Waals surface area contributed by atoms with E-state index < -0.39 is 0 Å². The molecule has 0 heterocycles. The SMILES string of the molecule is CC(NCC1(O)CCC1)C12CC3CC(CC(C3)C1)C2. The minimum atomic E-state index is -0.365. The predicted octanol–water partition coefficient (Wildman–Crippen LogP) is 3.10. The van der Waals surface area contributed by atoms with Crippen LogP contribution in [-0.2, 0) is 0 Å². The predicted molar refractivity (Wildman–Crippen MR) is 76.9 cm³/mol. The van der Waals surface area contributed by atoms with E-state index in [9.17, 15) is 5.11 Å². The Morgan fingerprint density at radius 1 is 1.05 bits per heavy atom. The lowest BCUT2D eigenvalue weighted by atomic mass is 9.48. The summed E-state index contributed by atoms with van der Waals surface area (Å²) in [7, 11) is 0. The molecule has 1 atom stereocenters. The van der Waals surface area contributed by atoms with Crippen LogP contribution >= 0.6 is 0 Å². The van der Waals surface area contributed by atoms with Crippen LogP contribution in [0.25, 0.3) is 0 Å². The number of aliphatic hydroxyl groups is 1. The highest BCUT2D eigenvalue weighted by Gasteiger charge is 2.53. The van der Waals surface area contributed by atoms with Crippen molar-refractivity contribution in [1.29, 1.82) is 0 Å². The zero-order valence-electron chi connectivity index (χ0n) is 12.3. The molecule has 2 nitrogen and oxygen atoms in total. The monoisotopic (exact) mass is 263 g/mol. The fraction of sp³-hybridized carbons (Fsp3) is 1.00. The molecule has 5 aliphatic rings. The van der Waals surface area contributed by atoms with Crippen LogP contribution < -0.4 is 5.32 Å². The van der Waals surface area contributed by atoms with Crippen molar-refractivity contribution in [3.8, 4) is 0 Å². The molecule has 5 saturated carbocycles. The van der Waals surface area contributed by atoms with E-state index in [1.54, 1.807) is 0 Å². The van der Waals surface area contributed by atoms with Crippen molar-refractivity contribution in [3.05, 3.63) is 0 Å². The first-order valence-corrected chi connectivity index (χ1v) is 8.53. The van der Waals surface area contributed by atoms with E-state index in [0.717, 1.165) is 37.1 Å². The summed E-state index contributed by atoms with van der Waals surface area (Å²) in [6, 6.07) is 0.602. The van der Waals surface area contributed by atoms with Gasteiger partial charge < -0.3 is 10.4 Å². The zero-order chi connectivity index (χ0) is 13.1. The van der Waals surface area contributed by atoms with Crippen molar-refractivity contribution in [2.24, 2.45) is 23.2 Å². The number of hydrogen-bond acceptors (Lipinski definition) is 2. The lowest BCUT2D eigenvalue weighted by molar-refractivity contribution is -0.0805. The molecule has 108 valence electrons. The van der Waals surface area contributed by atoms with Gasteiger partial charge in [0.15, 0.2) is 0 Å². The Labute approximate surface area is 117 Å². The highest BCUT2D eigenvalue weighted by molar-refractivity contribution is 5.05. The van der Waals surface area contributed by atoms with E-state index in [1.807, 2.05) is 0 Å². The Balaban J connectivity index is 1.43. The normalized spacial score (nSPS) is 48.0. The van der Waals surface area contributed by atoms with E-state index >= 15 is 0 Å². The summed E-state index contributed by atoms with van der Waals surface area (Å²) >= 11 is 0. The Morgan fingerprint density at radius 2 is 1.58 bits per heavy atom. The maximum absolute atomic E-state index is 10.3. The van der Waals surface area contributed by atoms with E-state index in [2.05, 4.69) is 12.2 Å². The molecule has 0 aromatic carbocycles. The lowest BCUT2D eigenvalue weighted by Gasteiger charge is -2.59. The first-order valence-electron chi connectivity index (χ1n) is 8.53. The third kappa shape index (κ3) is 2.06. The first-order chi connectivity index (χ1) is 9.07. The van der Waals surface area contributed by atoms with Gasteiger partial charge in [-0.05, 0) is 87.9 Å². The van der Waals surface area contributed by atoms with Gasteiger partial charge in [-0.25, -0.2) is 0 Å². The summed E-state index contributed by atoms with van der Waals surface area (Å²) in [6.45, 7) is 3.23. The maximum atomic E-state index is 10.3. The van der Waals surface area contributed by atoms with Gasteiger partial charge in [0.25, 0.3) is 0 Å². The topological polar surface area (TPSA) is 32.3 Å². The zero-order valence-corrected chi connectivity index (χ0v) is 12.3. The van der Waals surface area contributed by atoms with Crippen molar-refractivity contribution < 1.29 is 5.11 Å². The molecular weight excluding hydrogens is 234 g/mol. The Bertz CT molecular complexity index is 325. The molecule has 0 spiro atoms. The van der Waals surface area contributed by atoms with E-state index in [4.69, 9.17) is 0 Å². The number of rotatable bonds is 4. The van der Waals surface area contributed by atoms with Gasteiger partial charge in [-0.15, -0.1) is 0 Å². The molecule has 0 saturated heterocycles. The second-order valence-corrected chi connectivity index (χ2v) is 8.46. The molecule has 1 unspecified atom stereocenters. The van der Waals surface area contributed by atoms with Crippen LogP contribution in [0.15, 0.2) is 0 Å². The summed E-state index contributed by atoms with van der Waals surface area (Å²) in [6.07, 6.45) is 12.2. The highest BCUT2D eigenvalue weighted by Crippen LogP contribution is 2.61. The quantitative estimate of drug-likeness (QED) is 0.817. The fourth-order valence-electron chi connectivity index (χ4n) is 6.03. The summed E-state index contributed by atoms with van der Waals surface area (Å²) in [4.78, 5) is 0. The molecule has 5 rings (SSSR count). The summed E-state index contributed by atoms with van der Waals surface area (Å²) in [5.74, 6) is 3.09. The molecule has 0 aliphatic heterocycles. The molecule has 2 heteroatoms. The van der Waals surface area contributed by atoms with E-state index in [-0.39, 0.29) is 5.60 Å². The average Bonchev–Trinajstić information content (AvgIpc) is 2.32. The molecule has 5 fully saturated rings. The summed E-state index contributed by atoms with van der Waals surface area (Å²) < 4.78 is 0. The molecule has 19 heavy (non-hydrogen) atoms. The summed E-state index contributed by atoms with van der Waals surface area (Å²) in [5, 5.41) is 14.0. The van der Waals surface area contributed by atoms with Crippen molar-refractivity contribution in [1.82, 2.24) is 5.32 Å². The largest absolute Gasteiger partial charge is 0.389 e.